The fourth-order valence-corrected chi connectivity index (χ4v) is 5.05. The first-order valence-electron chi connectivity index (χ1n) is 8.22. The first-order valence-corrected chi connectivity index (χ1v) is 11.1. The maximum atomic E-state index is 12.7. The number of hydrogen-bond acceptors (Lipinski definition) is 5. The summed E-state index contributed by atoms with van der Waals surface area (Å²) in [5, 5.41) is 0. The normalized spacial score (nSPS) is 13.3. The molecule has 0 bridgehead atoms. The zero-order valence-electron chi connectivity index (χ0n) is 15.3. The van der Waals surface area contributed by atoms with Gasteiger partial charge in [-0.25, -0.2) is 21.6 Å². The highest BCUT2D eigenvalue weighted by Gasteiger charge is 2.33. The van der Waals surface area contributed by atoms with Crippen molar-refractivity contribution < 1.29 is 43.2 Å². The van der Waals surface area contributed by atoms with Gasteiger partial charge in [0, 0.05) is 12.4 Å². The van der Waals surface area contributed by atoms with Crippen LogP contribution in [-0.2, 0) is 32.4 Å². The van der Waals surface area contributed by atoms with Gasteiger partial charge in [-0.05, 0) is 48.5 Å². The molecule has 0 N–H and O–H groups in total. The zero-order valence-corrected chi connectivity index (χ0v) is 16.9. The Morgan fingerprint density at radius 3 is 1.09 bits per heavy atom. The van der Waals surface area contributed by atoms with Gasteiger partial charge in [0.2, 0.25) is 0 Å². The summed E-state index contributed by atoms with van der Waals surface area (Å²) >= 11 is 0. The third-order valence-electron chi connectivity index (χ3n) is 4.19. The number of benzene rings is 2. The summed E-state index contributed by atoms with van der Waals surface area (Å²) in [5.74, 6) is 0. The van der Waals surface area contributed by atoms with Gasteiger partial charge in [0.1, 0.15) is 0 Å². The maximum Gasteiger partial charge on any atom is 0.416 e. The Bertz CT molecular complexity index is 1310. The Balaban J connectivity index is 2.03. The van der Waals surface area contributed by atoms with Gasteiger partial charge in [0.05, 0.1) is 20.9 Å². The van der Waals surface area contributed by atoms with E-state index in [1.165, 1.54) is 0 Å². The summed E-state index contributed by atoms with van der Waals surface area (Å²) in [6.45, 7) is 0. The molecule has 0 spiro atoms. The standard InChI is InChI=1S/C17H10F6N2O5S2/c18-16(19,20)11-1-5-13(6-2-11)31(27,28)24-9-10-25(15(24)26)32(29,30)14-7-3-12(4-8-14)17(21,22)23/h1-10H. The first kappa shape index (κ1) is 23.6. The average Bonchev–Trinajstić information content (AvgIpc) is 3.10. The number of nitrogens with zero attached hydrogens (tertiary/aromatic N) is 2. The number of imidazole rings is 1. The molecule has 0 saturated carbocycles. The van der Waals surface area contributed by atoms with Crippen LogP contribution in [0.5, 0.6) is 0 Å². The summed E-state index contributed by atoms with van der Waals surface area (Å²) in [5.41, 5.74) is -3.91. The molecular weight excluding hydrogens is 490 g/mol. The van der Waals surface area contributed by atoms with Crippen molar-refractivity contribution in [1.29, 1.82) is 0 Å². The third kappa shape index (κ3) is 4.17. The molecule has 0 aliphatic heterocycles. The highest BCUT2D eigenvalue weighted by atomic mass is 32.2. The van der Waals surface area contributed by atoms with E-state index in [0.717, 1.165) is 0 Å². The number of alkyl halides is 6. The highest BCUT2D eigenvalue weighted by Crippen LogP contribution is 2.31. The van der Waals surface area contributed by atoms with Crippen LogP contribution in [0.2, 0.25) is 0 Å². The zero-order chi connectivity index (χ0) is 24.1. The number of halogens is 6. The Hall–Kier alpha value is -3.07. The van der Waals surface area contributed by atoms with Crippen molar-refractivity contribution in [3.63, 3.8) is 0 Å². The molecule has 0 radical (unpaired) electrons. The van der Waals surface area contributed by atoms with Gasteiger partial charge in [0.25, 0.3) is 20.0 Å². The lowest BCUT2D eigenvalue weighted by atomic mass is 10.2. The monoisotopic (exact) mass is 500 g/mol. The highest BCUT2D eigenvalue weighted by molar-refractivity contribution is 7.90. The van der Waals surface area contributed by atoms with Crippen LogP contribution >= 0.6 is 0 Å². The quantitative estimate of drug-likeness (QED) is 0.513. The predicted molar refractivity (Wildman–Crippen MR) is 96.7 cm³/mol. The van der Waals surface area contributed by atoms with Crippen molar-refractivity contribution in [3.8, 4) is 0 Å². The van der Waals surface area contributed by atoms with Crippen molar-refractivity contribution in [2.75, 3.05) is 0 Å². The first-order chi connectivity index (χ1) is 14.6. The van der Waals surface area contributed by atoms with E-state index in [4.69, 9.17) is 0 Å². The molecule has 15 heteroatoms. The fourth-order valence-electron chi connectivity index (χ4n) is 2.57. The van der Waals surface area contributed by atoms with Crippen LogP contribution in [0.1, 0.15) is 11.1 Å². The van der Waals surface area contributed by atoms with Gasteiger partial charge >= 0.3 is 18.0 Å². The molecule has 7 nitrogen and oxygen atoms in total. The van der Waals surface area contributed by atoms with Gasteiger partial charge in [-0.2, -0.15) is 34.3 Å². The molecule has 0 saturated heterocycles. The van der Waals surface area contributed by atoms with Crippen molar-refractivity contribution in [2.45, 2.75) is 22.1 Å². The second kappa shape index (κ2) is 7.51. The number of rotatable bonds is 4. The van der Waals surface area contributed by atoms with E-state index < -0.39 is 59.0 Å². The summed E-state index contributed by atoms with van der Waals surface area (Å²) in [4.78, 5) is 11.0. The van der Waals surface area contributed by atoms with E-state index >= 15 is 0 Å². The molecule has 0 atom stereocenters. The Morgan fingerprint density at radius 2 is 0.844 bits per heavy atom. The van der Waals surface area contributed by atoms with E-state index in [1.807, 2.05) is 0 Å². The van der Waals surface area contributed by atoms with Crippen LogP contribution in [0.15, 0.2) is 75.5 Å². The van der Waals surface area contributed by atoms with Crippen LogP contribution < -0.4 is 5.69 Å². The second-order valence-electron chi connectivity index (χ2n) is 6.23. The second-order valence-corrected chi connectivity index (χ2v) is 9.86. The smallest absolute Gasteiger partial charge is 0.245 e. The molecule has 172 valence electrons. The summed E-state index contributed by atoms with van der Waals surface area (Å²) in [6, 6.07) is 4.22. The molecule has 3 aromatic rings. The van der Waals surface area contributed by atoms with Crippen LogP contribution in [0.4, 0.5) is 26.3 Å². The minimum Gasteiger partial charge on any atom is -0.245 e. The molecule has 1 heterocycles. The topological polar surface area (TPSA) is 95.2 Å². The third-order valence-corrected chi connectivity index (χ3v) is 7.52. The molecule has 0 fully saturated rings. The molecule has 0 amide bonds. The van der Waals surface area contributed by atoms with Crippen LogP contribution in [0.3, 0.4) is 0 Å². The predicted octanol–water partition coefficient (Wildman–Crippen LogP) is 3.16. The van der Waals surface area contributed by atoms with Gasteiger partial charge in [-0.15, -0.1) is 0 Å². The van der Waals surface area contributed by atoms with Crippen molar-refractivity contribution in [2.24, 2.45) is 0 Å². The minimum atomic E-state index is -4.78. The fraction of sp³-hybridized carbons (Fsp3) is 0.118. The van der Waals surface area contributed by atoms with Gasteiger partial charge in [-0.1, -0.05) is 0 Å². The minimum absolute atomic E-state index is 0.0166. The maximum absolute atomic E-state index is 12.7. The molecule has 2 aromatic carbocycles. The van der Waals surface area contributed by atoms with E-state index in [-0.39, 0.29) is 7.94 Å². The van der Waals surface area contributed by atoms with E-state index in [1.54, 1.807) is 0 Å². The molecule has 3 rings (SSSR count). The van der Waals surface area contributed by atoms with Gasteiger partial charge < -0.3 is 0 Å². The Labute approximate surface area is 176 Å². The molecule has 32 heavy (non-hydrogen) atoms. The Kier molecular flexibility index (Phi) is 5.54. The molecule has 0 aliphatic carbocycles. The van der Waals surface area contributed by atoms with Crippen molar-refractivity contribution in [3.05, 3.63) is 82.5 Å². The summed E-state index contributed by atoms with van der Waals surface area (Å²) in [7, 11) is -9.55. The van der Waals surface area contributed by atoms with E-state index in [9.17, 15) is 48.0 Å². The molecular formula is C17H10F6N2O5S2. The van der Waals surface area contributed by atoms with Crippen molar-refractivity contribution in [1.82, 2.24) is 7.94 Å². The molecule has 0 unspecified atom stereocenters. The van der Waals surface area contributed by atoms with Crippen LogP contribution in [0, 0.1) is 0 Å². The van der Waals surface area contributed by atoms with Crippen LogP contribution in [-0.4, -0.2) is 24.8 Å². The number of hydrogen-bond donors (Lipinski definition) is 0. The summed E-state index contributed by atoms with van der Waals surface area (Å²) in [6.07, 6.45) is -8.37. The lowest BCUT2D eigenvalue weighted by Gasteiger charge is -2.09. The average molecular weight is 500 g/mol. The Morgan fingerprint density at radius 1 is 0.562 bits per heavy atom. The summed E-state index contributed by atoms with van der Waals surface area (Å²) < 4.78 is 126. The largest absolute Gasteiger partial charge is 0.416 e. The lowest BCUT2D eigenvalue weighted by Crippen LogP contribution is -2.32. The van der Waals surface area contributed by atoms with E-state index in [2.05, 4.69) is 0 Å². The SMILES string of the molecule is O=c1n(S(=O)(=O)c2ccc(C(F)(F)F)cc2)ccn1S(=O)(=O)c1ccc(C(F)(F)F)cc1. The lowest BCUT2D eigenvalue weighted by molar-refractivity contribution is -0.138. The van der Waals surface area contributed by atoms with Gasteiger partial charge in [0.15, 0.2) is 0 Å². The van der Waals surface area contributed by atoms with Crippen LogP contribution in [0.25, 0.3) is 0 Å². The van der Waals surface area contributed by atoms with E-state index in [0.29, 0.717) is 60.9 Å². The van der Waals surface area contributed by atoms with Gasteiger partial charge in [-0.3, -0.25) is 0 Å². The molecule has 1 aromatic heterocycles. The number of aromatic nitrogens is 2. The molecule has 0 aliphatic rings. The van der Waals surface area contributed by atoms with Crippen molar-refractivity contribution >= 4 is 20.0 Å².